The molecule has 0 saturated carbocycles. The van der Waals surface area contributed by atoms with Crippen molar-refractivity contribution in [3.05, 3.63) is 59.2 Å². The van der Waals surface area contributed by atoms with E-state index in [0.717, 1.165) is 35.4 Å². The summed E-state index contributed by atoms with van der Waals surface area (Å²) in [7, 11) is -3.90. The third-order valence-electron chi connectivity index (χ3n) is 3.42. The van der Waals surface area contributed by atoms with Crippen LogP contribution in [0.4, 0.5) is 8.78 Å². The summed E-state index contributed by atoms with van der Waals surface area (Å²) in [6.45, 7) is 0.688. The molecular formula is C15H13F2NO3S. The molecule has 0 amide bonds. The zero-order valence-electron chi connectivity index (χ0n) is 11.5. The molecule has 0 aromatic heterocycles. The Bertz CT molecular complexity index is 822. The van der Waals surface area contributed by atoms with Gasteiger partial charge < -0.3 is 4.74 Å². The highest BCUT2D eigenvalue weighted by atomic mass is 32.2. The lowest BCUT2D eigenvalue weighted by Gasteiger charge is -2.08. The SMILES string of the molecule is O=S(=O)(NCc1ccc2c(c1)CCO2)c1ccc(F)c(F)c1. The molecule has 2 aromatic rings. The van der Waals surface area contributed by atoms with Gasteiger partial charge in [-0.05, 0) is 35.4 Å². The van der Waals surface area contributed by atoms with Gasteiger partial charge in [0.2, 0.25) is 10.0 Å². The average Bonchev–Trinajstić information content (AvgIpc) is 2.95. The highest BCUT2D eigenvalue weighted by Crippen LogP contribution is 2.26. The van der Waals surface area contributed by atoms with Crippen LogP contribution in [0.1, 0.15) is 11.1 Å². The minimum absolute atomic E-state index is 0.0641. The van der Waals surface area contributed by atoms with Gasteiger partial charge in [-0.25, -0.2) is 21.9 Å². The lowest BCUT2D eigenvalue weighted by Crippen LogP contribution is -2.23. The predicted molar refractivity (Wildman–Crippen MR) is 76.0 cm³/mol. The molecule has 1 heterocycles. The van der Waals surface area contributed by atoms with Crippen molar-refractivity contribution in [1.82, 2.24) is 4.72 Å². The van der Waals surface area contributed by atoms with Gasteiger partial charge in [-0.2, -0.15) is 0 Å². The largest absolute Gasteiger partial charge is 0.493 e. The molecule has 0 atom stereocenters. The predicted octanol–water partition coefficient (Wildman–Crippen LogP) is 2.38. The fourth-order valence-electron chi connectivity index (χ4n) is 2.26. The van der Waals surface area contributed by atoms with Crippen molar-refractivity contribution >= 4 is 10.0 Å². The van der Waals surface area contributed by atoms with E-state index in [0.29, 0.717) is 12.7 Å². The molecule has 1 aliphatic rings. The molecule has 0 radical (unpaired) electrons. The second kappa shape index (κ2) is 5.66. The van der Waals surface area contributed by atoms with Crippen molar-refractivity contribution in [2.45, 2.75) is 17.9 Å². The van der Waals surface area contributed by atoms with Crippen molar-refractivity contribution in [2.75, 3.05) is 6.61 Å². The fourth-order valence-corrected chi connectivity index (χ4v) is 3.28. The Morgan fingerprint density at radius 1 is 1.09 bits per heavy atom. The van der Waals surface area contributed by atoms with Crippen LogP contribution in [-0.2, 0) is 23.0 Å². The summed E-state index contributed by atoms with van der Waals surface area (Å²) in [6, 6.07) is 7.90. The number of halogens is 2. The van der Waals surface area contributed by atoms with Gasteiger partial charge in [0.05, 0.1) is 11.5 Å². The van der Waals surface area contributed by atoms with Gasteiger partial charge in [-0.15, -0.1) is 0 Å². The smallest absolute Gasteiger partial charge is 0.240 e. The highest BCUT2D eigenvalue weighted by Gasteiger charge is 2.17. The van der Waals surface area contributed by atoms with Crippen molar-refractivity contribution in [1.29, 1.82) is 0 Å². The Balaban J connectivity index is 1.76. The standard InChI is InChI=1S/C15H13F2NO3S/c16-13-3-2-12(8-14(13)17)22(19,20)18-9-10-1-4-15-11(7-10)5-6-21-15/h1-4,7-8,18H,5-6,9H2. The first-order valence-corrected chi connectivity index (χ1v) is 8.13. The van der Waals surface area contributed by atoms with E-state index in [1.54, 1.807) is 12.1 Å². The van der Waals surface area contributed by atoms with E-state index < -0.39 is 21.7 Å². The highest BCUT2D eigenvalue weighted by molar-refractivity contribution is 7.89. The minimum atomic E-state index is -3.90. The maximum absolute atomic E-state index is 13.1. The molecule has 0 spiro atoms. The number of fused-ring (bicyclic) bond motifs is 1. The van der Waals surface area contributed by atoms with Gasteiger partial charge in [0, 0.05) is 13.0 Å². The summed E-state index contributed by atoms with van der Waals surface area (Å²) in [5, 5.41) is 0. The second-order valence-corrected chi connectivity index (χ2v) is 6.71. The molecule has 0 aliphatic carbocycles. The van der Waals surface area contributed by atoms with Crippen molar-refractivity contribution < 1.29 is 21.9 Å². The zero-order chi connectivity index (χ0) is 15.7. The van der Waals surface area contributed by atoms with Crippen LogP contribution in [-0.4, -0.2) is 15.0 Å². The molecule has 22 heavy (non-hydrogen) atoms. The number of hydrogen-bond acceptors (Lipinski definition) is 3. The first kappa shape index (κ1) is 14.9. The van der Waals surface area contributed by atoms with E-state index in [1.165, 1.54) is 0 Å². The molecule has 0 saturated heterocycles. The molecule has 116 valence electrons. The first-order chi connectivity index (χ1) is 10.5. The second-order valence-electron chi connectivity index (χ2n) is 4.94. The summed E-state index contributed by atoms with van der Waals surface area (Å²) in [4.78, 5) is -0.309. The Labute approximate surface area is 126 Å². The van der Waals surface area contributed by atoms with Crippen molar-refractivity contribution in [3.8, 4) is 5.75 Å². The summed E-state index contributed by atoms with van der Waals surface area (Å²) in [6.07, 6.45) is 0.791. The third kappa shape index (κ3) is 2.95. The molecule has 3 rings (SSSR count). The molecule has 1 N–H and O–H groups in total. The van der Waals surface area contributed by atoms with Gasteiger partial charge >= 0.3 is 0 Å². The average molecular weight is 325 g/mol. The van der Waals surface area contributed by atoms with Crippen LogP contribution in [0, 0.1) is 11.6 Å². The fraction of sp³-hybridized carbons (Fsp3) is 0.200. The van der Waals surface area contributed by atoms with Crippen LogP contribution in [0.5, 0.6) is 5.75 Å². The van der Waals surface area contributed by atoms with Crippen LogP contribution in [0.3, 0.4) is 0 Å². The molecule has 4 nitrogen and oxygen atoms in total. The number of nitrogens with one attached hydrogen (secondary N) is 1. The van der Waals surface area contributed by atoms with Crippen LogP contribution in [0.25, 0.3) is 0 Å². The molecule has 1 aliphatic heterocycles. The Morgan fingerprint density at radius 2 is 1.91 bits per heavy atom. The van der Waals surface area contributed by atoms with Crippen molar-refractivity contribution in [2.24, 2.45) is 0 Å². The van der Waals surface area contributed by atoms with Gasteiger partial charge in [0.1, 0.15) is 5.75 Å². The number of benzene rings is 2. The Kier molecular flexibility index (Phi) is 3.84. The normalized spacial score (nSPS) is 13.7. The summed E-state index contributed by atoms with van der Waals surface area (Å²) >= 11 is 0. The summed E-state index contributed by atoms with van der Waals surface area (Å²) in [5.41, 5.74) is 1.81. The van der Waals surface area contributed by atoms with Gasteiger partial charge in [0.15, 0.2) is 11.6 Å². The number of ether oxygens (including phenoxy) is 1. The number of sulfonamides is 1. The van der Waals surface area contributed by atoms with Crippen LogP contribution in [0.2, 0.25) is 0 Å². The van der Waals surface area contributed by atoms with Gasteiger partial charge in [-0.1, -0.05) is 12.1 Å². The van der Waals surface area contributed by atoms with Crippen molar-refractivity contribution in [3.63, 3.8) is 0 Å². The summed E-state index contributed by atoms with van der Waals surface area (Å²) < 4.78 is 57.9. The summed E-state index contributed by atoms with van der Waals surface area (Å²) in [5.74, 6) is -1.47. The zero-order valence-corrected chi connectivity index (χ0v) is 12.3. The minimum Gasteiger partial charge on any atom is -0.493 e. The van der Waals surface area contributed by atoms with Gasteiger partial charge in [-0.3, -0.25) is 0 Å². The van der Waals surface area contributed by atoms with E-state index >= 15 is 0 Å². The van der Waals surface area contributed by atoms with Crippen LogP contribution < -0.4 is 9.46 Å². The maximum atomic E-state index is 13.1. The van der Waals surface area contributed by atoms with E-state index in [2.05, 4.69) is 4.72 Å². The topological polar surface area (TPSA) is 55.4 Å². The first-order valence-electron chi connectivity index (χ1n) is 6.65. The molecule has 7 heteroatoms. The maximum Gasteiger partial charge on any atom is 0.240 e. The molecule has 0 fully saturated rings. The third-order valence-corrected chi connectivity index (χ3v) is 4.82. The quantitative estimate of drug-likeness (QED) is 0.939. The Hall–Kier alpha value is -1.99. The van der Waals surface area contributed by atoms with Crippen LogP contribution in [0.15, 0.2) is 41.3 Å². The van der Waals surface area contributed by atoms with E-state index in [-0.39, 0.29) is 11.4 Å². The van der Waals surface area contributed by atoms with Crippen LogP contribution >= 0.6 is 0 Å². The molecule has 0 bridgehead atoms. The molecule has 0 unspecified atom stereocenters. The molecule has 2 aromatic carbocycles. The monoisotopic (exact) mass is 325 g/mol. The number of rotatable bonds is 4. The Morgan fingerprint density at radius 3 is 2.68 bits per heavy atom. The number of hydrogen-bond donors (Lipinski definition) is 1. The van der Waals surface area contributed by atoms with E-state index in [1.807, 2.05) is 6.07 Å². The van der Waals surface area contributed by atoms with Gasteiger partial charge in [0.25, 0.3) is 0 Å². The lowest BCUT2D eigenvalue weighted by molar-refractivity contribution is 0.357. The lowest BCUT2D eigenvalue weighted by atomic mass is 10.1. The molecular weight excluding hydrogens is 312 g/mol. The van der Waals surface area contributed by atoms with E-state index in [9.17, 15) is 17.2 Å². The van der Waals surface area contributed by atoms with E-state index in [4.69, 9.17) is 4.74 Å².